The number of benzene rings is 3. The molecule has 32 heavy (non-hydrogen) atoms. The van der Waals surface area contributed by atoms with Crippen LogP contribution in [0.15, 0.2) is 72.8 Å². The summed E-state index contributed by atoms with van der Waals surface area (Å²) in [5.41, 5.74) is 3.74. The van der Waals surface area contributed by atoms with Gasteiger partial charge in [-0.1, -0.05) is 59.1 Å². The summed E-state index contributed by atoms with van der Waals surface area (Å²) in [7, 11) is 0. The maximum atomic E-state index is 12.9. The third-order valence-electron chi connectivity index (χ3n) is 4.81. The number of halogens is 2. The van der Waals surface area contributed by atoms with Crippen LogP contribution in [0.3, 0.4) is 0 Å². The van der Waals surface area contributed by atoms with E-state index in [0.717, 1.165) is 5.56 Å². The molecule has 3 aromatic carbocycles. The average Bonchev–Trinajstić information content (AvgIpc) is 2.78. The zero-order valence-corrected chi connectivity index (χ0v) is 18.6. The Morgan fingerprint density at radius 3 is 2.47 bits per heavy atom. The molecule has 0 radical (unpaired) electrons. The third kappa shape index (κ3) is 4.90. The molecular weight excluding hydrogens is 447 g/mol. The van der Waals surface area contributed by atoms with Crippen molar-refractivity contribution in [1.29, 1.82) is 0 Å². The number of nitrogens with zero attached hydrogens (tertiary/aromatic N) is 1. The molecule has 0 saturated heterocycles. The van der Waals surface area contributed by atoms with Crippen LogP contribution in [0.2, 0.25) is 10.0 Å². The molecule has 0 atom stereocenters. The number of esters is 1. The van der Waals surface area contributed by atoms with Crippen LogP contribution in [0.25, 0.3) is 22.2 Å². The van der Waals surface area contributed by atoms with Crippen molar-refractivity contribution in [2.24, 2.45) is 0 Å². The van der Waals surface area contributed by atoms with E-state index in [4.69, 9.17) is 27.9 Å². The fourth-order valence-corrected chi connectivity index (χ4v) is 3.73. The van der Waals surface area contributed by atoms with Crippen LogP contribution in [0, 0.1) is 6.92 Å². The Kier molecular flexibility index (Phi) is 6.40. The number of hydrogen-bond donors (Lipinski definition) is 1. The lowest BCUT2D eigenvalue weighted by molar-refractivity contribution is -0.119. The van der Waals surface area contributed by atoms with Crippen LogP contribution in [0.4, 0.5) is 5.69 Å². The van der Waals surface area contributed by atoms with Crippen LogP contribution >= 0.6 is 23.2 Å². The molecular formula is C25H18Cl2N2O3. The molecule has 0 saturated carbocycles. The van der Waals surface area contributed by atoms with Crippen LogP contribution in [0.5, 0.6) is 0 Å². The highest BCUT2D eigenvalue weighted by atomic mass is 35.5. The number of aromatic nitrogens is 1. The smallest absolute Gasteiger partial charge is 0.339 e. The minimum atomic E-state index is -0.631. The lowest BCUT2D eigenvalue weighted by Gasteiger charge is -2.11. The molecule has 1 amide bonds. The van der Waals surface area contributed by atoms with Gasteiger partial charge in [0.05, 0.1) is 21.8 Å². The number of nitrogens with one attached hydrogen (secondary N) is 1. The van der Waals surface area contributed by atoms with E-state index in [0.29, 0.717) is 43.5 Å². The maximum Gasteiger partial charge on any atom is 0.339 e. The van der Waals surface area contributed by atoms with Gasteiger partial charge >= 0.3 is 5.97 Å². The van der Waals surface area contributed by atoms with Crippen molar-refractivity contribution in [2.75, 3.05) is 11.9 Å². The number of aryl methyl sites for hydroxylation is 1. The predicted molar refractivity (Wildman–Crippen MR) is 127 cm³/mol. The second-order valence-electron chi connectivity index (χ2n) is 7.19. The first-order valence-electron chi connectivity index (χ1n) is 9.79. The first-order chi connectivity index (χ1) is 15.4. The Bertz CT molecular complexity index is 1320. The maximum absolute atomic E-state index is 12.9. The highest BCUT2D eigenvalue weighted by molar-refractivity contribution is 6.36. The predicted octanol–water partition coefficient (Wildman–Crippen LogP) is 6.31. The molecule has 4 aromatic rings. The number of pyridine rings is 1. The number of carbonyl (C=O) groups excluding carboxylic acids is 2. The molecule has 4 rings (SSSR count). The normalized spacial score (nSPS) is 10.7. The van der Waals surface area contributed by atoms with E-state index in [1.165, 1.54) is 0 Å². The Hall–Kier alpha value is -3.41. The molecule has 1 heterocycles. The Morgan fingerprint density at radius 2 is 1.72 bits per heavy atom. The number of anilines is 1. The van der Waals surface area contributed by atoms with Gasteiger partial charge in [-0.2, -0.15) is 0 Å². The molecule has 7 heteroatoms. The minimum Gasteiger partial charge on any atom is -0.452 e. The molecule has 0 aliphatic carbocycles. The summed E-state index contributed by atoms with van der Waals surface area (Å²) in [6, 6.07) is 21.2. The molecule has 160 valence electrons. The standard InChI is InChI=1S/C25H18Cl2N2O3/c1-15-6-9-17(10-7-15)28-24(30)14-32-25(31)20-13-23(19-11-8-16(26)12-21(19)27)29-22-5-3-2-4-18(20)22/h2-13H,14H2,1H3,(H,28,30). The van der Waals surface area contributed by atoms with E-state index in [2.05, 4.69) is 10.3 Å². The van der Waals surface area contributed by atoms with Gasteiger partial charge < -0.3 is 10.1 Å². The second-order valence-corrected chi connectivity index (χ2v) is 8.03. The summed E-state index contributed by atoms with van der Waals surface area (Å²) in [5, 5.41) is 4.23. The lowest BCUT2D eigenvalue weighted by atomic mass is 10.0. The summed E-state index contributed by atoms with van der Waals surface area (Å²) in [6.07, 6.45) is 0. The number of carbonyl (C=O) groups is 2. The van der Waals surface area contributed by atoms with Crippen molar-refractivity contribution in [3.63, 3.8) is 0 Å². The number of para-hydroxylation sites is 1. The summed E-state index contributed by atoms with van der Waals surface area (Å²) in [5.74, 6) is -1.06. The van der Waals surface area contributed by atoms with Crippen molar-refractivity contribution >= 4 is 51.7 Å². The molecule has 1 N–H and O–H groups in total. The van der Waals surface area contributed by atoms with Gasteiger partial charge in [0.1, 0.15) is 0 Å². The Labute approximate surface area is 194 Å². The van der Waals surface area contributed by atoms with Crippen LogP contribution in [-0.4, -0.2) is 23.5 Å². The van der Waals surface area contributed by atoms with E-state index < -0.39 is 18.5 Å². The zero-order valence-electron chi connectivity index (χ0n) is 17.1. The monoisotopic (exact) mass is 464 g/mol. The third-order valence-corrected chi connectivity index (χ3v) is 5.36. The fraction of sp³-hybridized carbons (Fsp3) is 0.0800. The SMILES string of the molecule is Cc1ccc(NC(=O)COC(=O)c2cc(-c3ccc(Cl)cc3Cl)nc3ccccc23)cc1. The van der Waals surface area contributed by atoms with Crippen molar-refractivity contribution in [3.8, 4) is 11.3 Å². The second kappa shape index (κ2) is 9.39. The highest BCUT2D eigenvalue weighted by Gasteiger charge is 2.17. The number of ether oxygens (including phenoxy) is 1. The highest BCUT2D eigenvalue weighted by Crippen LogP contribution is 2.32. The molecule has 0 aliphatic rings. The Balaban J connectivity index is 1.59. The first kappa shape index (κ1) is 21.8. The zero-order chi connectivity index (χ0) is 22.7. The topological polar surface area (TPSA) is 68.3 Å². The largest absolute Gasteiger partial charge is 0.452 e. The van der Waals surface area contributed by atoms with E-state index in [-0.39, 0.29) is 0 Å². The van der Waals surface area contributed by atoms with Gasteiger partial charge in [0.25, 0.3) is 5.91 Å². The van der Waals surface area contributed by atoms with Crippen LogP contribution in [-0.2, 0) is 9.53 Å². The number of fused-ring (bicyclic) bond motifs is 1. The van der Waals surface area contributed by atoms with E-state index >= 15 is 0 Å². The first-order valence-corrected chi connectivity index (χ1v) is 10.5. The molecule has 1 aromatic heterocycles. The van der Waals surface area contributed by atoms with Crippen molar-refractivity contribution in [1.82, 2.24) is 4.98 Å². The minimum absolute atomic E-state index is 0.291. The van der Waals surface area contributed by atoms with Crippen molar-refractivity contribution < 1.29 is 14.3 Å². The summed E-state index contributed by atoms with van der Waals surface area (Å²) < 4.78 is 5.30. The van der Waals surface area contributed by atoms with Crippen LogP contribution in [0.1, 0.15) is 15.9 Å². The average molecular weight is 465 g/mol. The van der Waals surface area contributed by atoms with Gasteiger partial charge in [-0.05, 0) is 49.4 Å². The number of hydrogen-bond acceptors (Lipinski definition) is 4. The van der Waals surface area contributed by atoms with E-state index in [1.807, 2.05) is 25.1 Å². The number of rotatable bonds is 5. The van der Waals surface area contributed by atoms with Crippen molar-refractivity contribution in [3.05, 3.63) is 94.0 Å². The molecule has 0 spiro atoms. The van der Waals surface area contributed by atoms with Gasteiger partial charge in [0.15, 0.2) is 6.61 Å². The summed E-state index contributed by atoms with van der Waals surface area (Å²) in [6.45, 7) is 1.54. The molecule has 0 bridgehead atoms. The summed E-state index contributed by atoms with van der Waals surface area (Å²) in [4.78, 5) is 29.8. The van der Waals surface area contributed by atoms with Gasteiger partial charge in [-0.25, -0.2) is 9.78 Å². The van der Waals surface area contributed by atoms with E-state index in [1.54, 1.807) is 54.6 Å². The molecule has 5 nitrogen and oxygen atoms in total. The van der Waals surface area contributed by atoms with Crippen LogP contribution < -0.4 is 5.32 Å². The Morgan fingerprint density at radius 1 is 0.969 bits per heavy atom. The van der Waals surface area contributed by atoms with Gasteiger partial charge in [0, 0.05) is 21.7 Å². The van der Waals surface area contributed by atoms with Gasteiger partial charge in [-0.15, -0.1) is 0 Å². The van der Waals surface area contributed by atoms with Gasteiger partial charge in [-0.3, -0.25) is 4.79 Å². The van der Waals surface area contributed by atoms with Crippen molar-refractivity contribution in [2.45, 2.75) is 6.92 Å². The summed E-state index contributed by atoms with van der Waals surface area (Å²) >= 11 is 12.3. The van der Waals surface area contributed by atoms with Gasteiger partial charge in [0.2, 0.25) is 0 Å². The molecule has 0 unspecified atom stereocenters. The molecule has 0 fully saturated rings. The quantitative estimate of drug-likeness (QED) is 0.351. The fourth-order valence-electron chi connectivity index (χ4n) is 3.22. The lowest BCUT2D eigenvalue weighted by Crippen LogP contribution is -2.21. The molecule has 0 aliphatic heterocycles. The van der Waals surface area contributed by atoms with E-state index in [9.17, 15) is 9.59 Å². The number of amides is 1.